The Balaban J connectivity index is 1.61. The quantitative estimate of drug-likeness (QED) is 0.632. The van der Waals surface area contributed by atoms with Gasteiger partial charge in [-0.1, -0.05) is 60.7 Å². The highest BCUT2D eigenvalue weighted by Gasteiger charge is 2.61. The van der Waals surface area contributed by atoms with E-state index in [0.717, 1.165) is 11.1 Å². The summed E-state index contributed by atoms with van der Waals surface area (Å²) in [6.07, 6.45) is 3.29. The molecule has 3 heterocycles. The van der Waals surface area contributed by atoms with Gasteiger partial charge in [0, 0.05) is 5.56 Å². The molecule has 2 bridgehead atoms. The molecule has 0 unspecified atom stereocenters. The fourth-order valence-corrected chi connectivity index (χ4v) is 4.07. The second kappa shape index (κ2) is 4.89. The number of ether oxygens (including phenoxy) is 1. The Morgan fingerprint density at radius 1 is 0.750 bits per heavy atom. The molecule has 0 N–H and O–H groups in total. The molecule has 0 aromatic heterocycles. The molecule has 0 saturated carbocycles. The smallest absolute Gasteiger partial charge is 0.240 e. The molecule has 0 radical (unpaired) electrons. The van der Waals surface area contributed by atoms with Gasteiger partial charge in [0.1, 0.15) is 0 Å². The lowest BCUT2D eigenvalue weighted by molar-refractivity contribution is -0.124. The van der Waals surface area contributed by atoms with E-state index < -0.39 is 0 Å². The van der Waals surface area contributed by atoms with Crippen LogP contribution in [0.2, 0.25) is 0 Å². The van der Waals surface area contributed by atoms with E-state index in [1.54, 1.807) is 0 Å². The maximum absolute atomic E-state index is 13.0. The monoisotopic (exact) mass is 317 g/mol. The topological polar surface area (TPSA) is 46.6 Å². The number of carbonyl (C=O) groups is 2. The fraction of sp³-hybridized carbons (Fsp3) is 0.200. The van der Waals surface area contributed by atoms with Gasteiger partial charge in [-0.05, 0) is 11.6 Å². The van der Waals surface area contributed by atoms with Crippen LogP contribution in [0, 0.1) is 11.8 Å². The first-order chi connectivity index (χ1) is 11.8. The normalized spacial score (nSPS) is 30.2. The summed E-state index contributed by atoms with van der Waals surface area (Å²) >= 11 is 0. The Labute approximate surface area is 139 Å². The van der Waals surface area contributed by atoms with E-state index >= 15 is 0 Å². The minimum Gasteiger partial charge on any atom is -0.365 e. The highest BCUT2D eigenvalue weighted by molar-refractivity contribution is 6.24. The number of hydrogen-bond donors (Lipinski definition) is 0. The zero-order valence-electron chi connectivity index (χ0n) is 12.8. The van der Waals surface area contributed by atoms with Crippen LogP contribution in [0.1, 0.15) is 0 Å². The Bertz CT molecular complexity index is 843. The lowest BCUT2D eigenvalue weighted by Gasteiger charge is -2.20. The first kappa shape index (κ1) is 13.7. The zero-order valence-corrected chi connectivity index (χ0v) is 12.8. The van der Waals surface area contributed by atoms with E-state index in [-0.39, 0.29) is 35.9 Å². The molecule has 2 amide bonds. The van der Waals surface area contributed by atoms with E-state index in [4.69, 9.17) is 4.74 Å². The highest BCUT2D eigenvalue weighted by Crippen LogP contribution is 2.47. The maximum atomic E-state index is 13.0. The third-order valence-electron chi connectivity index (χ3n) is 5.14. The predicted octanol–water partition coefficient (Wildman–Crippen LogP) is 2.80. The Hall–Kier alpha value is -2.72. The number of anilines is 1. The van der Waals surface area contributed by atoms with Gasteiger partial charge in [-0.3, -0.25) is 9.59 Å². The van der Waals surface area contributed by atoms with Crippen LogP contribution in [0.5, 0.6) is 0 Å². The first-order valence-corrected chi connectivity index (χ1v) is 8.12. The van der Waals surface area contributed by atoms with Crippen molar-refractivity contribution in [2.75, 3.05) is 4.90 Å². The summed E-state index contributed by atoms with van der Waals surface area (Å²) in [4.78, 5) is 27.3. The molecule has 4 atom stereocenters. The molecule has 2 aromatic rings. The third kappa shape index (κ3) is 1.72. The molecule has 0 spiro atoms. The van der Waals surface area contributed by atoms with Gasteiger partial charge in [-0.15, -0.1) is 0 Å². The van der Waals surface area contributed by atoms with Crippen molar-refractivity contribution in [3.8, 4) is 11.1 Å². The van der Waals surface area contributed by atoms with E-state index in [0.29, 0.717) is 5.69 Å². The SMILES string of the molecule is O=C1[C@@H]2[C@H](C(=O)N1c1ccccc1-c1ccccc1)[C@H]1C=C[C@@H]2O1. The number of benzene rings is 2. The van der Waals surface area contributed by atoms with Crippen LogP contribution >= 0.6 is 0 Å². The van der Waals surface area contributed by atoms with Gasteiger partial charge in [0.2, 0.25) is 11.8 Å². The Morgan fingerprint density at radius 2 is 1.33 bits per heavy atom. The molecule has 2 aromatic carbocycles. The van der Waals surface area contributed by atoms with Crippen LogP contribution in [0.3, 0.4) is 0 Å². The minimum absolute atomic E-state index is 0.148. The number of imide groups is 1. The summed E-state index contributed by atoms with van der Waals surface area (Å²) in [6.45, 7) is 0. The molecule has 2 fully saturated rings. The van der Waals surface area contributed by atoms with Crippen molar-refractivity contribution in [3.05, 3.63) is 66.7 Å². The van der Waals surface area contributed by atoms with Crippen molar-refractivity contribution in [2.45, 2.75) is 12.2 Å². The van der Waals surface area contributed by atoms with Crippen LogP contribution in [-0.4, -0.2) is 24.0 Å². The van der Waals surface area contributed by atoms with Gasteiger partial charge in [0.25, 0.3) is 0 Å². The second-order valence-corrected chi connectivity index (χ2v) is 6.40. The van der Waals surface area contributed by atoms with E-state index in [2.05, 4.69) is 0 Å². The lowest BCUT2D eigenvalue weighted by Crippen LogP contribution is -2.34. The minimum atomic E-state index is -0.378. The standard InChI is InChI=1S/C20H15NO3/c22-19-17-15-10-11-16(24-15)18(17)20(23)21(19)14-9-5-4-8-13(14)12-6-2-1-3-7-12/h1-11,15-18H/t15-,16+,17-,18+. The summed E-state index contributed by atoms with van der Waals surface area (Å²) in [5, 5.41) is 0. The number of nitrogens with zero attached hydrogens (tertiary/aromatic N) is 1. The van der Waals surface area contributed by atoms with Crippen LogP contribution in [0.15, 0.2) is 66.7 Å². The molecular formula is C20H15NO3. The average molecular weight is 317 g/mol. The van der Waals surface area contributed by atoms with Gasteiger partial charge in [-0.25, -0.2) is 4.90 Å². The van der Waals surface area contributed by atoms with Gasteiger partial charge >= 0.3 is 0 Å². The summed E-state index contributed by atoms with van der Waals surface area (Å²) in [6, 6.07) is 17.4. The highest BCUT2D eigenvalue weighted by atomic mass is 16.5. The van der Waals surface area contributed by atoms with Gasteiger partial charge in [0.15, 0.2) is 0 Å². The Kier molecular flexibility index (Phi) is 2.79. The van der Waals surface area contributed by atoms with Gasteiger partial charge in [-0.2, -0.15) is 0 Å². The van der Waals surface area contributed by atoms with Crippen molar-refractivity contribution < 1.29 is 14.3 Å². The number of carbonyl (C=O) groups excluding carboxylic acids is 2. The van der Waals surface area contributed by atoms with Crippen molar-refractivity contribution in [1.29, 1.82) is 0 Å². The van der Waals surface area contributed by atoms with Crippen molar-refractivity contribution in [1.82, 2.24) is 0 Å². The molecule has 2 saturated heterocycles. The third-order valence-corrected chi connectivity index (χ3v) is 5.14. The van der Waals surface area contributed by atoms with Crippen LogP contribution in [0.25, 0.3) is 11.1 Å². The lowest BCUT2D eigenvalue weighted by atomic mass is 9.85. The van der Waals surface area contributed by atoms with Crippen molar-refractivity contribution in [3.63, 3.8) is 0 Å². The molecule has 24 heavy (non-hydrogen) atoms. The fourth-order valence-electron chi connectivity index (χ4n) is 4.07. The maximum Gasteiger partial charge on any atom is 0.240 e. The van der Waals surface area contributed by atoms with Gasteiger partial charge in [0.05, 0.1) is 29.7 Å². The average Bonchev–Trinajstić information content (AvgIpc) is 3.30. The number of para-hydroxylation sites is 1. The van der Waals surface area contributed by atoms with E-state index in [1.165, 1.54) is 4.90 Å². The summed E-state index contributed by atoms with van der Waals surface area (Å²) in [7, 11) is 0. The zero-order chi connectivity index (χ0) is 16.3. The molecule has 0 aliphatic carbocycles. The summed E-state index contributed by atoms with van der Waals surface area (Å²) in [5.74, 6) is -1.05. The summed E-state index contributed by atoms with van der Waals surface area (Å²) in [5.41, 5.74) is 2.54. The first-order valence-electron chi connectivity index (χ1n) is 8.12. The van der Waals surface area contributed by atoms with E-state index in [1.807, 2.05) is 66.7 Å². The van der Waals surface area contributed by atoms with Crippen molar-refractivity contribution >= 4 is 17.5 Å². The number of fused-ring (bicyclic) bond motifs is 5. The van der Waals surface area contributed by atoms with Crippen LogP contribution in [0.4, 0.5) is 5.69 Å². The van der Waals surface area contributed by atoms with E-state index in [9.17, 15) is 9.59 Å². The van der Waals surface area contributed by atoms with Crippen molar-refractivity contribution in [2.24, 2.45) is 11.8 Å². The number of amides is 2. The molecule has 3 aliphatic rings. The molecule has 4 heteroatoms. The predicted molar refractivity (Wildman–Crippen MR) is 89.2 cm³/mol. The largest absolute Gasteiger partial charge is 0.365 e. The number of hydrogen-bond acceptors (Lipinski definition) is 3. The molecule has 4 nitrogen and oxygen atoms in total. The second-order valence-electron chi connectivity index (χ2n) is 6.40. The molecule has 118 valence electrons. The molecular weight excluding hydrogens is 302 g/mol. The van der Waals surface area contributed by atoms with Crippen LogP contribution < -0.4 is 4.90 Å². The summed E-state index contributed by atoms with van der Waals surface area (Å²) < 4.78 is 5.70. The molecule has 3 aliphatic heterocycles. The van der Waals surface area contributed by atoms with Gasteiger partial charge < -0.3 is 4.74 Å². The number of rotatable bonds is 2. The molecule has 5 rings (SSSR count). The van der Waals surface area contributed by atoms with Crippen LogP contribution in [-0.2, 0) is 14.3 Å². The Morgan fingerprint density at radius 3 is 2.00 bits per heavy atom.